The van der Waals surface area contributed by atoms with Gasteiger partial charge in [0.1, 0.15) is 35.5 Å². The number of aromatic nitrogens is 2. The highest BCUT2D eigenvalue weighted by Crippen LogP contribution is 2.58. The molecule has 3 saturated heterocycles. The van der Waals surface area contributed by atoms with Crippen LogP contribution in [0.25, 0.3) is 11.0 Å². The number of alkyl halides is 1. The number of hydrogen-bond acceptors (Lipinski definition) is 16. The Labute approximate surface area is 446 Å². The number of aliphatic hydroxyl groups is 1. The van der Waals surface area contributed by atoms with Crippen molar-refractivity contribution in [2.45, 2.75) is 132 Å². The number of amides is 1. The zero-order chi connectivity index (χ0) is 53.6. The van der Waals surface area contributed by atoms with E-state index in [4.69, 9.17) is 28.7 Å². The van der Waals surface area contributed by atoms with Crippen molar-refractivity contribution in [1.29, 1.82) is 0 Å². The van der Waals surface area contributed by atoms with Crippen molar-refractivity contribution < 1.29 is 51.3 Å². The van der Waals surface area contributed by atoms with Gasteiger partial charge < -0.3 is 48.9 Å². The first-order chi connectivity index (χ1) is 36.9. The van der Waals surface area contributed by atoms with Crippen LogP contribution in [0.3, 0.4) is 0 Å². The molecule has 1 amide bonds. The number of halogens is 1. The van der Waals surface area contributed by atoms with Gasteiger partial charge in [0.25, 0.3) is 21.6 Å². The third-order valence-corrected chi connectivity index (χ3v) is 19.2. The van der Waals surface area contributed by atoms with Crippen molar-refractivity contribution in [3.8, 4) is 17.4 Å². The number of carbonyl (C=O) groups is 1. The van der Waals surface area contributed by atoms with E-state index in [0.717, 1.165) is 73.4 Å². The second kappa shape index (κ2) is 19.6. The van der Waals surface area contributed by atoms with Crippen LogP contribution in [0.5, 0.6) is 17.4 Å². The fourth-order valence-electron chi connectivity index (χ4n) is 13.4. The lowest BCUT2D eigenvalue weighted by Crippen LogP contribution is -2.63. The SMILES string of the molecule is CC(C)Oc1ccccc1[C@@H]1COCCN1[C@@H]1CC2(CCN(c3ccc(C(=O)NS(=O)(=O)c4cc5c(c([N+](=O)[O-])c4)N[C@H](C4(F)CCC(C)(O)CC4)CO5)c(N4c5cc6cc[nH]c6nc5O[C@H]5COCC[C@@H]54)c3)CC2)[C@H]1C. The number of H-pyrrole nitrogens is 1. The minimum absolute atomic E-state index is 0.00462. The first-order valence-corrected chi connectivity index (χ1v) is 28.6. The molecule has 3 aromatic carbocycles. The number of nitro groups is 1. The monoisotopic (exact) mass is 1080 g/mol. The van der Waals surface area contributed by atoms with E-state index in [-0.39, 0.29) is 79.5 Å². The van der Waals surface area contributed by atoms with Crippen molar-refractivity contribution in [2.24, 2.45) is 11.3 Å². The fourth-order valence-corrected chi connectivity index (χ4v) is 14.4. The number of ether oxygens (including phenoxy) is 5. The number of nitro benzene ring substituents is 1. The normalized spacial score (nSPS) is 29.0. The number of para-hydroxylation sites is 1. The van der Waals surface area contributed by atoms with Crippen LogP contribution in [-0.2, 0) is 19.5 Å². The second-order valence-electron chi connectivity index (χ2n) is 22.9. The van der Waals surface area contributed by atoms with Crippen molar-refractivity contribution in [3.63, 3.8) is 0 Å². The lowest BCUT2D eigenvalue weighted by Gasteiger charge is -2.62. The maximum atomic E-state index is 16.4. The van der Waals surface area contributed by atoms with Crippen molar-refractivity contribution in [1.82, 2.24) is 19.6 Å². The van der Waals surface area contributed by atoms with Gasteiger partial charge in [-0.3, -0.25) is 19.8 Å². The summed E-state index contributed by atoms with van der Waals surface area (Å²) < 4.78 is 78.2. The van der Waals surface area contributed by atoms with Crippen LogP contribution in [0.1, 0.15) is 101 Å². The van der Waals surface area contributed by atoms with Gasteiger partial charge in [0.2, 0.25) is 5.88 Å². The van der Waals surface area contributed by atoms with Crippen LogP contribution in [0, 0.1) is 21.4 Å². The maximum absolute atomic E-state index is 16.4. The number of fused-ring (bicyclic) bond motifs is 4. The molecule has 2 aliphatic carbocycles. The van der Waals surface area contributed by atoms with E-state index in [1.54, 1.807) is 19.2 Å². The van der Waals surface area contributed by atoms with Crippen LogP contribution >= 0.6 is 0 Å². The molecule has 2 saturated carbocycles. The highest BCUT2D eigenvalue weighted by atomic mass is 32.2. The maximum Gasteiger partial charge on any atom is 0.297 e. The summed E-state index contributed by atoms with van der Waals surface area (Å²) in [4.78, 5) is 41.2. The molecule has 2 aromatic heterocycles. The van der Waals surface area contributed by atoms with Gasteiger partial charge in [0.05, 0.1) is 70.7 Å². The summed E-state index contributed by atoms with van der Waals surface area (Å²) in [6.45, 7) is 12.3. The zero-order valence-corrected chi connectivity index (χ0v) is 44.7. The van der Waals surface area contributed by atoms with Crippen LogP contribution in [0.4, 0.5) is 32.8 Å². The molecule has 5 fully saturated rings. The van der Waals surface area contributed by atoms with Crippen molar-refractivity contribution >= 4 is 55.4 Å². The quantitative estimate of drug-likeness (QED) is 0.0721. The minimum atomic E-state index is -4.81. The van der Waals surface area contributed by atoms with Gasteiger partial charge in [-0.25, -0.2) is 17.5 Å². The highest BCUT2D eigenvalue weighted by molar-refractivity contribution is 7.90. The van der Waals surface area contributed by atoms with E-state index >= 15 is 4.39 Å². The molecule has 77 heavy (non-hydrogen) atoms. The van der Waals surface area contributed by atoms with Crippen LogP contribution in [0.15, 0.2) is 77.8 Å². The molecule has 6 atom stereocenters. The predicted octanol–water partition coefficient (Wildman–Crippen LogP) is 8.34. The number of aromatic amines is 1. The third kappa shape index (κ3) is 9.38. The number of nitrogens with one attached hydrogen (secondary N) is 3. The van der Waals surface area contributed by atoms with E-state index in [1.807, 2.05) is 49.1 Å². The fraction of sp³-hybridized carbons (Fsp3) is 0.536. The van der Waals surface area contributed by atoms with Gasteiger partial charge in [-0.05, 0) is 120 Å². The molecule has 0 radical (unpaired) electrons. The number of sulfonamides is 1. The average molecular weight is 1080 g/mol. The van der Waals surface area contributed by atoms with Crippen molar-refractivity contribution in [3.05, 3.63) is 94.2 Å². The molecular weight excluding hydrogens is 1010 g/mol. The Kier molecular flexibility index (Phi) is 13.1. The smallest absolute Gasteiger partial charge is 0.297 e. The molecule has 410 valence electrons. The lowest BCUT2D eigenvalue weighted by molar-refractivity contribution is -0.384. The number of hydrogen-bond donors (Lipinski definition) is 4. The molecule has 5 aromatic rings. The number of pyridine rings is 1. The van der Waals surface area contributed by atoms with Crippen LogP contribution in [0.2, 0.25) is 0 Å². The summed E-state index contributed by atoms with van der Waals surface area (Å²) >= 11 is 0. The van der Waals surface area contributed by atoms with Crippen LogP contribution < -0.4 is 34.0 Å². The number of carbonyl (C=O) groups excluding carboxylic acids is 1. The molecule has 19 nitrogen and oxygen atoms in total. The Bertz CT molecular complexity index is 3210. The molecule has 7 heterocycles. The van der Waals surface area contributed by atoms with Crippen molar-refractivity contribution in [2.75, 3.05) is 67.8 Å². The molecule has 0 bridgehead atoms. The van der Waals surface area contributed by atoms with E-state index < -0.39 is 54.9 Å². The molecule has 1 spiro atoms. The Hall–Kier alpha value is -6.26. The van der Waals surface area contributed by atoms with Gasteiger partial charge in [-0.1, -0.05) is 25.1 Å². The molecule has 21 heteroatoms. The minimum Gasteiger partial charge on any atom is -0.491 e. The van der Waals surface area contributed by atoms with E-state index in [1.165, 1.54) is 0 Å². The summed E-state index contributed by atoms with van der Waals surface area (Å²) in [6, 6.07) is 18.7. The Morgan fingerprint density at radius 1 is 0.961 bits per heavy atom. The summed E-state index contributed by atoms with van der Waals surface area (Å²) in [5, 5.41) is 26.8. The number of morpholine rings is 1. The van der Waals surface area contributed by atoms with E-state index in [9.17, 15) is 28.4 Å². The zero-order valence-electron chi connectivity index (χ0n) is 43.8. The summed E-state index contributed by atoms with van der Waals surface area (Å²) in [5.74, 6) is 0.530. The number of piperidine rings is 1. The summed E-state index contributed by atoms with van der Waals surface area (Å²) in [6.07, 6.45) is 5.28. The van der Waals surface area contributed by atoms with Gasteiger partial charge >= 0.3 is 0 Å². The first-order valence-electron chi connectivity index (χ1n) is 27.1. The summed E-state index contributed by atoms with van der Waals surface area (Å²) in [7, 11) is -4.81. The topological polar surface area (TPSA) is 223 Å². The van der Waals surface area contributed by atoms with Gasteiger partial charge in [-0.15, -0.1) is 0 Å². The highest BCUT2D eigenvalue weighted by Gasteiger charge is 2.56. The standard InChI is InChI=1S/C56H67FN8O11S/c1-33(2)75-46-8-6-5-7-38(46)45-30-73-24-22-63(45)44-29-55(34(44)3)17-20-62(21-18-55)36-9-10-39(41(26-36)64-40-12-23-72-31-48(40)76-53-43(64)25-35-11-19-58-51(35)60-53)52(66)61-77(70,71)37-27-42(65(68)69)50-47(28-37)74-32-49(59-50)56(57)15-13-54(4,67)14-16-56/h5-11,19,25-28,33-34,40,44-45,48-49,59,67H,12-18,20-24,29-32H2,1-4H3,(H,58,60)(H,61,66)/t34-,40-,44+,45-,48-,49-,54?,56?/m0/s1. The van der Waals surface area contributed by atoms with Gasteiger partial charge in [0.15, 0.2) is 11.4 Å². The Morgan fingerprint density at radius 3 is 2.51 bits per heavy atom. The van der Waals surface area contributed by atoms with E-state index in [2.05, 4.69) is 49.9 Å². The summed E-state index contributed by atoms with van der Waals surface area (Å²) in [5.41, 5.74) is 0.168. The molecular formula is C56H67FN8O11S. The molecule has 5 aliphatic heterocycles. The van der Waals surface area contributed by atoms with E-state index in [0.29, 0.717) is 61.1 Å². The Balaban J connectivity index is 0.836. The van der Waals surface area contributed by atoms with Gasteiger partial charge in [-0.2, -0.15) is 4.98 Å². The largest absolute Gasteiger partial charge is 0.491 e. The number of nitrogens with zero attached hydrogens (tertiary/aromatic N) is 5. The lowest BCUT2D eigenvalue weighted by atomic mass is 9.53. The molecule has 12 rings (SSSR count). The van der Waals surface area contributed by atoms with Gasteiger partial charge in [0, 0.05) is 67.2 Å². The number of rotatable bonds is 11. The second-order valence-corrected chi connectivity index (χ2v) is 24.6. The first kappa shape index (κ1) is 51.5. The average Bonchev–Trinajstić information content (AvgIpc) is 4.06. The number of benzene rings is 3. The number of anilines is 4. The Morgan fingerprint density at radius 2 is 1.74 bits per heavy atom. The molecule has 0 unspecified atom stereocenters. The molecule has 4 N–H and O–H groups in total. The van der Waals surface area contributed by atoms with Crippen LogP contribution in [-0.4, -0.2) is 133 Å². The third-order valence-electron chi connectivity index (χ3n) is 17.9. The molecule has 7 aliphatic rings. The predicted molar refractivity (Wildman–Crippen MR) is 286 cm³/mol.